The SMILES string of the molecule is C/C=C/c1nccc(N(C)C)n1.CC. The monoisotopic (exact) mass is 193 g/mol. The Hall–Kier alpha value is -1.38. The number of aromatic nitrogens is 2. The minimum absolute atomic E-state index is 0.753. The normalized spacial score (nSPS) is 9.50. The lowest BCUT2D eigenvalue weighted by molar-refractivity contribution is 1.02. The molecule has 0 aliphatic carbocycles. The fraction of sp³-hybridized carbons (Fsp3) is 0.455. The molecule has 1 aromatic heterocycles. The molecule has 0 aliphatic rings. The fourth-order valence-electron chi connectivity index (χ4n) is 0.842. The summed E-state index contributed by atoms with van der Waals surface area (Å²) in [6.07, 6.45) is 5.57. The van der Waals surface area contributed by atoms with Gasteiger partial charge < -0.3 is 4.90 Å². The van der Waals surface area contributed by atoms with E-state index < -0.39 is 0 Å². The molecule has 14 heavy (non-hydrogen) atoms. The van der Waals surface area contributed by atoms with Crippen LogP contribution >= 0.6 is 0 Å². The maximum absolute atomic E-state index is 4.29. The quantitative estimate of drug-likeness (QED) is 0.723. The van der Waals surface area contributed by atoms with Crippen molar-refractivity contribution >= 4 is 11.9 Å². The zero-order valence-electron chi connectivity index (χ0n) is 9.65. The van der Waals surface area contributed by atoms with Crippen LogP contribution in [0.4, 0.5) is 5.82 Å². The molecule has 3 heteroatoms. The molecule has 0 aromatic carbocycles. The van der Waals surface area contributed by atoms with Crippen LogP contribution in [-0.4, -0.2) is 24.1 Å². The van der Waals surface area contributed by atoms with Crippen LogP contribution in [0.25, 0.3) is 6.08 Å². The van der Waals surface area contributed by atoms with E-state index in [1.807, 2.05) is 58.0 Å². The Kier molecular flexibility index (Phi) is 6.37. The molecule has 1 heterocycles. The summed E-state index contributed by atoms with van der Waals surface area (Å²) >= 11 is 0. The number of rotatable bonds is 2. The van der Waals surface area contributed by atoms with Gasteiger partial charge in [-0.3, -0.25) is 0 Å². The average molecular weight is 193 g/mol. The second kappa shape index (κ2) is 7.06. The largest absolute Gasteiger partial charge is 0.363 e. The summed E-state index contributed by atoms with van der Waals surface area (Å²) in [5, 5.41) is 0. The van der Waals surface area contributed by atoms with E-state index in [1.165, 1.54) is 0 Å². The fourth-order valence-corrected chi connectivity index (χ4v) is 0.842. The number of allylic oxidation sites excluding steroid dienone is 1. The van der Waals surface area contributed by atoms with Crippen molar-refractivity contribution in [2.75, 3.05) is 19.0 Å². The van der Waals surface area contributed by atoms with E-state index in [0.717, 1.165) is 11.6 Å². The molecule has 0 aliphatic heterocycles. The van der Waals surface area contributed by atoms with E-state index in [-0.39, 0.29) is 0 Å². The number of hydrogen-bond donors (Lipinski definition) is 0. The molecule has 0 saturated heterocycles. The Morgan fingerprint density at radius 1 is 1.29 bits per heavy atom. The molecule has 1 rings (SSSR count). The van der Waals surface area contributed by atoms with Gasteiger partial charge >= 0.3 is 0 Å². The standard InChI is InChI=1S/C9H13N3.C2H6/c1-4-5-8-10-7-6-9(11-8)12(2)3;1-2/h4-7H,1-3H3;1-2H3/b5-4+;. The molecule has 3 nitrogen and oxygen atoms in total. The van der Waals surface area contributed by atoms with Crippen LogP contribution in [0.2, 0.25) is 0 Å². The zero-order valence-corrected chi connectivity index (χ0v) is 9.65. The Balaban J connectivity index is 0.000000791. The van der Waals surface area contributed by atoms with Gasteiger partial charge in [-0.05, 0) is 19.1 Å². The van der Waals surface area contributed by atoms with Crippen LogP contribution in [0.5, 0.6) is 0 Å². The van der Waals surface area contributed by atoms with Crippen LogP contribution in [-0.2, 0) is 0 Å². The molecule has 0 amide bonds. The second-order valence-corrected chi connectivity index (χ2v) is 2.67. The van der Waals surface area contributed by atoms with E-state index >= 15 is 0 Å². The Morgan fingerprint density at radius 3 is 2.43 bits per heavy atom. The molecule has 1 aromatic rings. The van der Waals surface area contributed by atoms with Crippen LogP contribution < -0.4 is 4.90 Å². The smallest absolute Gasteiger partial charge is 0.153 e. The number of nitrogens with zero attached hydrogens (tertiary/aromatic N) is 3. The van der Waals surface area contributed by atoms with Gasteiger partial charge in [0.25, 0.3) is 0 Å². The average Bonchev–Trinajstić information content (AvgIpc) is 2.22. The first kappa shape index (κ1) is 12.6. The Bertz CT molecular complexity index is 280. The van der Waals surface area contributed by atoms with Gasteiger partial charge in [0.15, 0.2) is 5.82 Å². The third-order valence-electron chi connectivity index (χ3n) is 1.43. The zero-order chi connectivity index (χ0) is 11.0. The van der Waals surface area contributed by atoms with Crippen molar-refractivity contribution in [1.29, 1.82) is 0 Å². The van der Waals surface area contributed by atoms with Gasteiger partial charge in [0.1, 0.15) is 5.82 Å². The molecule has 78 valence electrons. The molecular weight excluding hydrogens is 174 g/mol. The lowest BCUT2D eigenvalue weighted by atomic mass is 10.4. The van der Waals surface area contributed by atoms with Crippen molar-refractivity contribution in [3.05, 3.63) is 24.2 Å². The topological polar surface area (TPSA) is 29.0 Å². The molecule has 0 unspecified atom stereocenters. The highest BCUT2D eigenvalue weighted by Crippen LogP contribution is 2.05. The van der Waals surface area contributed by atoms with Crippen molar-refractivity contribution in [2.45, 2.75) is 20.8 Å². The summed E-state index contributed by atoms with van der Waals surface area (Å²) in [5.41, 5.74) is 0. The van der Waals surface area contributed by atoms with Gasteiger partial charge in [0.2, 0.25) is 0 Å². The maximum atomic E-state index is 4.29. The second-order valence-electron chi connectivity index (χ2n) is 2.67. The van der Waals surface area contributed by atoms with Gasteiger partial charge in [0.05, 0.1) is 0 Å². The number of hydrogen-bond acceptors (Lipinski definition) is 3. The molecule has 0 N–H and O–H groups in total. The van der Waals surface area contributed by atoms with Crippen molar-refractivity contribution in [2.24, 2.45) is 0 Å². The minimum Gasteiger partial charge on any atom is -0.363 e. The molecule has 0 spiro atoms. The lowest BCUT2D eigenvalue weighted by Crippen LogP contribution is -2.11. The third-order valence-corrected chi connectivity index (χ3v) is 1.43. The van der Waals surface area contributed by atoms with E-state index in [1.54, 1.807) is 6.20 Å². The van der Waals surface area contributed by atoms with Crippen LogP contribution in [0.15, 0.2) is 18.3 Å². The van der Waals surface area contributed by atoms with Crippen molar-refractivity contribution < 1.29 is 0 Å². The summed E-state index contributed by atoms with van der Waals surface area (Å²) in [6.45, 7) is 5.95. The van der Waals surface area contributed by atoms with E-state index in [9.17, 15) is 0 Å². The van der Waals surface area contributed by atoms with Gasteiger partial charge in [0, 0.05) is 20.3 Å². The van der Waals surface area contributed by atoms with E-state index in [0.29, 0.717) is 0 Å². The van der Waals surface area contributed by atoms with E-state index in [4.69, 9.17) is 0 Å². The molecule has 0 fully saturated rings. The van der Waals surface area contributed by atoms with Crippen molar-refractivity contribution in [3.63, 3.8) is 0 Å². The van der Waals surface area contributed by atoms with Gasteiger partial charge in [-0.15, -0.1) is 0 Å². The van der Waals surface area contributed by atoms with Gasteiger partial charge in [-0.1, -0.05) is 19.9 Å². The summed E-state index contributed by atoms with van der Waals surface area (Å²) < 4.78 is 0. The number of anilines is 1. The first-order valence-electron chi connectivity index (χ1n) is 4.87. The summed E-state index contributed by atoms with van der Waals surface area (Å²) in [5.74, 6) is 1.68. The maximum Gasteiger partial charge on any atom is 0.153 e. The molecular formula is C11H19N3. The Labute approximate surface area is 86.5 Å². The first-order chi connectivity index (χ1) is 6.74. The van der Waals surface area contributed by atoms with Crippen LogP contribution in [0.3, 0.4) is 0 Å². The summed E-state index contributed by atoms with van der Waals surface area (Å²) in [7, 11) is 3.92. The van der Waals surface area contributed by atoms with E-state index in [2.05, 4.69) is 9.97 Å². The lowest BCUT2D eigenvalue weighted by Gasteiger charge is -2.10. The summed E-state index contributed by atoms with van der Waals surface area (Å²) in [6, 6.07) is 1.88. The van der Waals surface area contributed by atoms with Crippen LogP contribution in [0, 0.1) is 0 Å². The molecule has 0 saturated carbocycles. The molecule has 0 radical (unpaired) electrons. The van der Waals surface area contributed by atoms with Crippen molar-refractivity contribution in [3.8, 4) is 0 Å². The van der Waals surface area contributed by atoms with Gasteiger partial charge in [-0.2, -0.15) is 0 Å². The highest BCUT2D eigenvalue weighted by Gasteiger charge is 1.96. The predicted octanol–water partition coefficient (Wildman–Crippen LogP) is 2.60. The highest BCUT2D eigenvalue weighted by atomic mass is 15.1. The highest BCUT2D eigenvalue weighted by molar-refractivity contribution is 5.44. The minimum atomic E-state index is 0.753. The predicted molar refractivity (Wildman–Crippen MR) is 62.4 cm³/mol. The third kappa shape index (κ3) is 4.03. The van der Waals surface area contributed by atoms with Gasteiger partial charge in [-0.25, -0.2) is 9.97 Å². The molecule has 0 bridgehead atoms. The van der Waals surface area contributed by atoms with Crippen molar-refractivity contribution in [1.82, 2.24) is 9.97 Å². The van der Waals surface area contributed by atoms with Crippen LogP contribution in [0.1, 0.15) is 26.6 Å². The summed E-state index contributed by atoms with van der Waals surface area (Å²) in [4.78, 5) is 10.3. The molecule has 0 atom stereocenters. The Morgan fingerprint density at radius 2 is 1.93 bits per heavy atom. The first-order valence-corrected chi connectivity index (χ1v) is 4.87.